The zero-order chi connectivity index (χ0) is 12.1. The third kappa shape index (κ3) is 2.82. The van der Waals surface area contributed by atoms with Crippen LogP contribution >= 0.6 is 11.8 Å². The zero-order valence-electron chi connectivity index (χ0n) is 9.07. The van der Waals surface area contributed by atoms with Gasteiger partial charge in [0.15, 0.2) is 5.78 Å². The van der Waals surface area contributed by atoms with E-state index in [0.717, 1.165) is 0 Å². The Morgan fingerprint density at radius 2 is 2.25 bits per heavy atom. The first-order valence-corrected chi connectivity index (χ1v) is 5.99. The first-order chi connectivity index (χ1) is 7.60. The van der Waals surface area contributed by atoms with Crippen molar-refractivity contribution in [1.29, 1.82) is 0 Å². The molecule has 0 saturated carbocycles. The molecule has 0 aliphatic rings. The normalized spacial score (nSPS) is 9.94. The number of carbonyl (C=O) groups excluding carboxylic acids is 2. The average molecular weight is 241 g/mol. The smallest absolute Gasteiger partial charge is 0.213 e. The average Bonchev–Trinajstić information content (AvgIpc) is 2.28. The van der Waals surface area contributed by atoms with Crippen LogP contribution in [-0.2, 0) is 4.79 Å². The lowest BCUT2D eigenvalue weighted by Crippen LogP contribution is -2.18. The lowest BCUT2D eigenvalue weighted by molar-refractivity contribution is -0.107. The Bertz CT molecular complexity index is 409. The minimum atomic E-state index is -0.468. The highest BCUT2D eigenvalue weighted by Crippen LogP contribution is 2.21. The molecule has 0 aliphatic heterocycles. The SMILES string of the molecule is CSCC(=O)c1ccc(F)cc1N(C)C=O. The van der Waals surface area contributed by atoms with E-state index in [1.54, 1.807) is 0 Å². The molecule has 0 aliphatic carbocycles. The molecular weight excluding hydrogens is 229 g/mol. The van der Waals surface area contributed by atoms with Gasteiger partial charge in [0.25, 0.3) is 0 Å². The highest BCUT2D eigenvalue weighted by atomic mass is 32.2. The Morgan fingerprint density at radius 1 is 1.56 bits per heavy atom. The van der Waals surface area contributed by atoms with Crippen LogP contribution in [0.25, 0.3) is 0 Å². The Balaban J connectivity index is 3.16. The molecule has 5 heteroatoms. The highest BCUT2D eigenvalue weighted by Gasteiger charge is 2.14. The van der Waals surface area contributed by atoms with E-state index in [1.165, 1.54) is 41.9 Å². The molecule has 1 aromatic rings. The van der Waals surface area contributed by atoms with Crippen molar-refractivity contribution in [3.8, 4) is 0 Å². The molecule has 16 heavy (non-hydrogen) atoms. The summed E-state index contributed by atoms with van der Waals surface area (Å²) in [6.45, 7) is 0. The number of benzene rings is 1. The summed E-state index contributed by atoms with van der Waals surface area (Å²) in [4.78, 5) is 23.5. The van der Waals surface area contributed by atoms with E-state index in [0.29, 0.717) is 23.4 Å². The minimum absolute atomic E-state index is 0.115. The molecule has 3 nitrogen and oxygen atoms in total. The third-order valence-electron chi connectivity index (χ3n) is 2.07. The van der Waals surface area contributed by atoms with Crippen molar-refractivity contribution in [2.45, 2.75) is 0 Å². The van der Waals surface area contributed by atoms with Gasteiger partial charge in [-0.3, -0.25) is 9.59 Å². The summed E-state index contributed by atoms with van der Waals surface area (Å²) >= 11 is 1.39. The van der Waals surface area contributed by atoms with Gasteiger partial charge in [-0.15, -0.1) is 0 Å². The van der Waals surface area contributed by atoms with Crippen LogP contribution in [0.5, 0.6) is 0 Å². The molecule has 0 aromatic heterocycles. The fourth-order valence-corrected chi connectivity index (χ4v) is 1.72. The van der Waals surface area contributed by atoms with Gasteiger partial charge in [-0.25, -0.2) is 4.39 Å². The van der Waals surface area contributed by atoms with Crippen molar-refractivity contribution >= 4 is 29.6 Å². The topological polar surface area (TPSA) is 37.4 Å². The lowest BCUT2D eigenvalue weighted by atomic mass is 10.1. The maximum Gasteiger partial charge on any atom is 0.213 e. The molecule has 1 amide bonds. The van der Waals surface area contributed by atoms with Crippen LogP contribution in [0.1, 0.15) is 10.4 Å². The van der Waals surface area contributed by atoms with Gasteiger partial charge in [-0.05, 0) is 24.5 Å². The van der Waals surface area contributed by atoms with Crippen LogP contribution in [0.2, 0.25) is 0 Å². The van der Waals surface area contributed by atoms with Gasteiger partial charge in [-0.1, -0.05) is 0 Å². The summed E-state index contributed by atoms with van der Waals surface area (Å²) in [6.07, 6.45) is 2.36. The van der Waals surface area contributed by atoms with E-state index >= 15 is 0 Å². The maximum atomic E-state index is 13.0. The maximum absolute atomic E-state index is 13.0. The van der Waals surface area contributed by atoms with Crippen LogP contribution < -0.4 is 4.90 Å². The number of amides is 1. The summed E-state index contributed by atoms with van der Waals surface area (Å²) in [5.74, 6) is -0.272. The summed E-state index contributed by atoms with van der Waals surface area (Å²) < 4.78 is 13.0. The van der Waals surface area contributed by atoms with Gasteiger partial charge in [0, 0.05) is 12.6 Å². The van der Waals surface area contributed by atoms with Crippen molar-refractivity contribution in [1.82, 2.24) is 0 Å². The molecule has 0 radical (unpaired) electrons. The second-order valence-corrected chi connectivity index (χ2v) is 4.10. The second kappa shape index (κ2) is 5.65. The number of thioether (sulfide) groups is 1. The van der Waals surface area contributed by atoms with Gasteiger partial charge < -0.3 is 4.90 Å². The number of Topliss-reactive ketones (excluding diaryl/α,β-unsaturated/α-hetero) is 1. The molecule has 0 N–H and O–H groups in total. The molecule has 0 bridgehead atoms. The highest BCUT2D eigenvalue weighted by molar-refractivity contribution is 7.99. The minimum Gasteiger partial charge on any atom is -0.317 e. The van der Waals surface area contributed by atoms with Crippen LogP contribution in [0.3, 0.4) is 0 Å². The van der Waals surface area contributed by atoms with Crippen molar-refractivity contribution in [2.24, 2.45) is 0 Å². The number of nitrogens with zero attached hydrogens (tertiary/aromatic N) is 1. The number of carbonyl (C=O) groups is 2. The standard InChI is InChI=1S/C11H12FNO2S/c1-13(7-14)10-5-8(12)3-4-9(10)11(15)6-16-2/h3-5,7H,6H2,1-2H3. The third-order valence-corrected chi connectivity index (χ3v) is 2.62. The number of ketones is 1. The van der Waals surface area contributed by atoms with E-state index in [2.05, 4.69) is 0 Å². The summed E-state index contributed by atoms with van der Waals surface area (Å²) in [5.41, 5.74) is 0.666. The first-order valence-electron chi connectivity index (χ1n) is 4.60. The molecule has 0 atom stereocenters. The van der Waals surface area contributed by atoms with Crippen molar-refractivity contribution in [2.75, 3.05) is 24.0 Å². The number of anilines is 1. The van der Waals surface area contributed by atoms with Gasteiger partial charge in [-0.2, -0.15) is 11.8 Å². The quantitative estimate of drug-likeness (QED) is 0.584. The van der Waals surface area contributed by atoms with E-state index in [4.69, 9.17) is 0 Å². The monoisotopic (exact) mass is 241 g/mol. The number of halogens is 1. The van der Waals surface area contributed by atoms with Gasteiger partial charge in [0.2, 0.25) is 6.41 Å². The summed E-state index contributed by atoms with van der Waals surface area (Å²) in [5, 5.41) is 0. The first kappa shape index (κ1) is 12.7. The van der Waals surface area contributed by atoms with Gasteiger partial charge >= 0.3 is 0 Å². The molecular formula is C11H12FNO2S. The Labute approximate surface area is 97.6 Å². The molecule has 1 aromatic carbocycles. The van der Waals surface area contributed by atoms with Crippen molar-refractivity contribution < 1.29 is 14.0 Å². The fourth-order valence-electron chi connectivity index (χ4n) is 1.30. The summed E-state index contributed by atoms with van der Waals surface area (Å²) in [7, 11) is 1.48. The Hall–Kier alpha value is -1.36. The molecule has 1 rings (SSSR count). The lowest BCUT2D eigenvalue weighted by Gasteiger charge is -2.15. The molecule has 86 valence electrons. The molecule has 0 heterocycles. The van der Waals surface area contributed by atoms with Crippen molar-refractivity contribution in [3.63, 3.8) is 0 Å². The predicted molar refractivity (Wildman–Crippen MR) is 63.6 cm³/mol. The van der Waals surface area contributed by atoms with Crippen LogP contribution in [0.4, 0.5) is 10.1 Å². The fraction of sp³-hybridized carbons (Fsp3) is 0.273. The largest absolute Gasteiger partial charge is 0.317 e. The Kier molecular flexibility index (Phi) is 4.49. The number of hydrogen-bond donors (Lipinski definition) is 0. The van der Waals surface area contributed by atoms with Crippen LogP contribution in [0.15, 0.2) is 18.2 Å². The van der Waals surface area contributed by atoms with E-state index in [9.17, 15) is 14.0 Å². The number of hydrogen-bond acceptors (Lipinski definition) is 3. The number of rotatable bonds is 5. The molecule has 0 unspecified atom stereocenters. The van der Waals surface area contributed by atoms with E-state index in [-0.39, 0.29) is 5.78 Å². The van der Waals surface area contributed by atoms with Crippen molar-refractivity contribution in [3.05, 3.63) is 29.6 Å². The molecule has 0 fully saturated rings. The van der Waals surface area contributed by atoms with Gasteiger partial charge in [0.05, 0.1) is 11.4 Å². The second-order valence-electron chi connectivity index (χ2n) is 3.23. The predicted octanol–water partition coefficient (Wildman–Crippen LogP) is 1.96. The van der Waals surface area contributed by atoms with E-state index < -0.39 is 5.82 Å². The zero-order valence-corrected chi connectivity index (χ0v) is 9.88. The molecule has 0 saturated heterocycles. The Morgan fingerprint density at radius 3 is 2.81 bits per heavy atom. The summed E-state index contributed by atoms with van der Waals surface area (Å²) in [6, 6.07) is 3.81. The van der Waals surface area contributed by atoms with Crippen LogP contribution in [-0.4, -0.2) is 31.2 Å². The van der Waals surface area contributed by atoms with E-state index in [1.807, 2.05) is 6.26 Å². The van der Waals surface area contributed by atoms with Crippen LogP contribution in [0, 0.1) is 5.82 Å². The van der Waals surface area contributed by atoms with Gasteiger partial charge in [0.1, 0.15) is 5.82 Å². The molecule has 0 spiro atoms.